The summed E-state index contributed by atoms with van der Waals surface area (Å²) in [7, 11) is 0. The Morgan fingerprint density at radius 1 is 0.276 bits per heavy atom. The van der Waals surface area contributed by atoms with Crippen LogP contribution in [0.4, 0.5) is 0 Å². The van der Waals surface area contributed by atoms with E-state index in [4.69, 9.17) is 14.2 Å². The lowest BCUT2D eigenvalue weighted by Crippen LogP contribution is -2.30. The standard InChI is InChI=1S/C70H114O6/c1-4-7-10-13-16-19-22-24-26-28-30-31-32-33-34-35-36-37-38-39-41-42-44-46-48-51-54-57-60-63-69(72)75-66-67(65-74-68(71)62-59-56-53-50-21-18-15-12-9-6-3)76-70(73)64-61-58-55-52-49-47-45-43-40-29-27-25-23-20-17-14-11-8-5-2/h7,10,16-17,19-20,24-27,30-31,33-34,36-37,39-41,43-44,46,67H,4-6,8-9,11-15,18,21-23,28-29,32,35,38,42,45,47-66H2,1-3H3/b10-7-,19-16-,20-17-,26-24-,27-25-,31-30-,34-33-,37-36-,41-39-,43-40-,46-44-. The first-order valence-electron chi connectivity index (χ1n) is 31.2. The molecule has 6 nitrogen and oxygen atoms in total. The molecule has 0 aromatic rings. The van der Waals surface area contributed by atoms with Gasteiger partial charge < -0.3 is 14.2 Å². The first-order valence-corrected chi connectivity index (χ1v) is 31.2. The number of esters is 3. The van der Waals surface area contributed by atoms with E-state index in [1.165, 1.54) is 83.5 Å². The Kier molecular flexibility index (Phi) is 59.4. The van der Waals surface area contributed by atoms with Gasteiger partial charge in [-0.1, -0.05) is 264 Å². The lowest BCUT2D eigenvalue weighted by Gasteiger charge is -2.18. The molecule has 0 spiro atoms. The average Bonchev–Trinajstić information content (AvgIpc) is 3.42. The van der Waals surface area contributed by atoms with E-state index in [1.807, 2.05) is 0 Å². The summed E-state index contributed by atoms with van der Waals surface area (Å²) >= 11 is 0. The van der Waals surface area contributed by atoms with Crippen molar-refractivity contribution in [2.24, 2.45) is 0 Å². The largest absolute Gasteiger partial charge is 0.462 e. The van der Waals surface area contributed by atoms with Crippen LogP contribution in [0, 0.1) is 0 Å². The SMILES string of the molecule is CC/C=C\C/C=C\C/C=C\C/C=C\C/C=C\C/C=C\C/C=C\C/C=C\CCCCCCC(=O)OCC(COC(=O)CCCCCCCCCCCC)OC(=O)CCCCCCCC/C=C\C/C=C\C/C=C\CCCCC. The highest BCUT2D eigenvalue weighted by Crippen LogP contribution is 2.14. The van der Waals surface area contributed by atoms with E-state index in [9.17, 15) is 14.4 Å². The first kappa shape index (κ1) is 71.5. The minimum atomic E-state index is -0.799. The van der Waals surface area contributed by atoms with Crippen molar-refractivity contribution in [3.63, 3.8) is 0 Å². The van der Waals surface area contributed by atoms with E-state index < -0.39 is 6.10 Å². The van der Waals surface area contributed by atoms with Crippen LogP contribution in [0.25, 0.3) is 0 Å². The smallest absolute Gasteiger partial charge is 0.306 e. The van der Waals surface area contributed by atoms with Crippen molar-refractivity contribution >= 4 is 17.9 Å². The van der Waals surface area contributed by atoms with E-state index in [2.05, 4.69) is 154 Å². The van der Waals surface area contributed by atoms with Gasteiger partial charge in [0.1, 0.15) is 13.2 Å². The van der Waals surface area contributed by atoms with E-state index in [0.29, 0.717) is 19.3 Å². The highest BCUT2D eigenvalue weighted by atomic mass is 16.6. The number of rotatable bonds is 55. The maximum Gasteiger partial charge on any atom is 0.306 e. The Morgan fingerprint density at radius 2 is 0.513 bits per heavy atom. The van der Waals surface area contributed by atoms with Crippen molar-refractivity contribution in [3.05, 3.63) is 134 Å². The third kappa shape index (κ3) is 60.4. The molecule has 0 saturated heterocycles. The zero-order chi connectivity index (χ0) is 55.0. The van der Waals surface area contributed by atoms with Gasteiger partial charge in [0.25, 0.3) is 0 Å². The molecule has 76 heavy (non-hydrogen) atoms. The number of hydrogen-bond acceptors (Lipinski definition) is 6. The van der Waals surface area contributed by atoms with Crippen LogP contribution in [0.1, 0.15) is 271 Å². The summed E-state index contributed by atoms with van der Waals surface area (Å²) in [5.74, 6) is -0.934. The van der Waals surface area contributed by atoms with Gasteiger partial charge in [-0.15, -0.1) is 0 Å². The third-order valence-electron chi connectivity index (χ3n) is 12.9. The molecule has 0 N–H and O–H groups in total. The van der Waals surface area contributed by atoms with Crippen molar-refractivity contribution in [1.29, 1.82) is 0 Å². The van der Waals surface area contributed by atoms with Gasteiger partial charge in [-0.2, -0.15) is 0 Å². The molecule has 0 aromatic heterocycles. The number of allylic oxidation sites excluding steroid dienone is 22. The van der Waals surface area contributed by atoms with Gasteiger partial charge in [-0.05, 0) is 122 Å². The van der Waals surface area contributed by atoms with Gasteiger partial charge in [0.05, 0.1) is 0 Å². The maximum absolute atomic E-state index is 12.9. The van der Waals surface area contributed by atoms with Gasteiger partial charge in [0, 0.05) is 19.3 Å². The Balaban J connectivity index is 4.36. The second-order valence-electron chi connectivity index (χ2n) is 20.2. The maximum atomic E-state index is 12.9. The van der Waals surface area contributed by atoms with Crippen molar-refractivity contribution in [2.45, 2.75) is 277 Å². The molecule has 1 unspecified atom stereocenters. The van der Waals surface area contributed by atoms with Crippen molar-refractivity contribution in [1.82, 2.24) is 0 Å². The number of hydrogen-bond donors (Lipinski definition) is 0. The van der Waals surface area contributed by atoms with E-state index in [1.54, 1.807) is 0 Å². The van der Waals surface area contributed by atoms with Gasteiger partial charge >= 0.3 is 17.9 Å². The second-order valence-corrected chi connectivity index (χ2v) is 20.2. The summed E-state index contributed by atoms with van der Waals surface area (Å²) in [6.45, 7) is 6.45. The van der Waals surface area contributed by atoms with Crippen LogP contribution in [0.15, 0.2) is 134 Å². The fourth-order valence-corrected chi connectivity index (χ4v) is 8.23. The molecule has 0 heterocycles. The molecule has 0 aliphatic heterocycles. The molecule has 0 fully saturated rings. The lowest BCUT2D eigenvalue weighted by molar-refractivity contribution is -0.167. The normalized spacial score (nSPS) is 13.0. The van der Waals surface area contributed by atoms with Crippen LogP contribution in [-0.4, -0.2) is 37.2 Å². The molecule has 0 bridgehead atoms. The Hall–Kier alpha value is -4.45. The molecule has 0 aromatic carbocycles. The summed E-state index contributed by atoms with van der Waals surface area (Å²) in [5.41, 5.74) is 0. The zero-order valence-corrected chi connectivity index (χ0v) is 49.2. The van der Waals surface area contributed by atoms with E-state index in [-0.39, 0.29) is 31.1 Å². The summed E-state index contributed by atoms with van der Waals surface area (Å²) in [6.07, 6.45) is 88.8. The van der Waals surface area contributed by atoms with Crippen LogP contribution in [0.2, 0.25) is 0 Å². The molecule has 6 heteroatoms. The fraction of sp³-hybridized carbons (Fsp3) is 0.643. The molecular formula is C70H114O6. The minimum Gasteiger partial charge on any atom is -0.462 e. The summed E-state index contributed by atoms with van der Waals surface area (Å²) < 4.78 is 16.8. The van der Waals surface area contributed by atoms with Crippen LogP contribution in [0.3, 0.4) is 0 Å². The molecule has 0 aliphatic rings. The van der Waals surface area contributed by atoms with Crippen LogP contribution in [0.5, 0.6) is 0 Å². The summed E-state index contributed by atoms with van der Waals surface area (Å²) in [6, 6.07) is 0. The number of carbonyl (C=O) groups is 3. The lowest BCUT2D eigenvalue weighted by atomic mass is 10.1. The monoisotopic (exact) mass is 1050 g/mol. The average molecular weight is 1050 g/mol. The molecule has 0 radical (unpaired) electrons. The molecule has 0 saturated carbocycles. The highest BCUT2D eigenvalue weighted by Gasteiger charge is 2.19. The number of ether oxygens (including phenoxy) is 3. The van der Waals surface area contributed by atoms with Crippen LogP contribution < -0.4 is 0 Å². The number of carbonyl (C=O) groups excluding carboxylic acids is 3. The fourth-order valence-electron chi connectivity index (χ4n) is 8.23. The molecular weight excluding hydrogens is 937 g/mol. The van der Waals surface area contributed by atoms with Gasteiger partial charge in [0.15, 0.2) is 6.10 Å². The van der Waals surface area contributed by atoms with Crippen molar-refractivity contribution in [3.8, 4) is 0 Å². The number of unbranched alkanes of at least 4 members (excludes halogenated alkanes) is 22. The van der Waals surface area contributed by atoms with Gasteiger partial charge in [-0.25, -0.2) is 0 Å². The summed E-state index contributed by atoms with van der Waals surface area (Å²) in [4.78, 5) is 38.2. The van der Waals surface area contributed by atoms with E-state index in [0.717, 1.165) is 148 Å². The Morgan fingerprint density at radius 3 is 0.829 bits per heavy atom. The minimum absolute atomic E-state index is 0.0936. The van der Waals surface area contributed by atoms with Gasteiger partial charge in [0.2, 0.25) is 0 Å². The third-order valence-corrected chi connectivity index (χ3v) is 12.9. The van der Waals surface area contributed by atoms with E-state index >= 15 is 0 Å². The van der Waals surface area contributed by atoms with Crippen molar-refractivity contribution in [2.75, 3.05) is 13.2 Å². The second kappa shape index (κ2) is 63.1. The zero-order valence-electron chi connectivity index (χ0n) is 49.2. The molecule has 1 atom stereocenters. The van der Waals surface area contributed by atoms with Crippen LogP contribution >= 0.6 is 0 Å². The topological polar surface area (TPSA) is 78.9 Å². The van der Waals surface area contributed by atoms with Crippen molar-refractivity contribution < 1.29 is 28.6 Å². The predicted octanol–water partition coefficient (Wildman–Crippen LogP) is 21.4. The highest BCUT2D eigenvalue weighted by molar-refractivity contribution is 5.71. The Labute approximate surface area is 468 Å². The Bertz CT molecular complexity index is 1630. The molecule has 0 aliphatic carbocycles. The van der Waals surface area contributed by atoms with Crippen LogP contribution in [-0.2, 0) is 28.6 Å². The summed E-state index contributed by atoms with van der Waals surface area (Å²) in [5, 5.41) is 0. The molecule has 0 amide bonds. The molecule has 0 rings (SSSR count). The molecule has 430 valence electrons. The quantitative estimate of drug-likeness (QED) is 0.0261. The first-order chi connectivity index (χ1) is 37.5. The predicted molar refractivity (Wildman–Crippen MR) is 329 cm³/mol. The van der Waals surface area contributed by atoms with Gasteiger partial charge in [-0.3, -0.25) is 14.4 Å².